The monoisotopic (exact) mass is 351 g/mol. The summed E-state index contributed by atoms with van der Waals surface area (Å²) in [6, 6.07) is 15.1. The summed E-state index contributed by atoms with van der Waals surface area (Å²) in [6.45, 7) is 5.93. The number of nitrogens with zero attached hydrogens (tertiary/aromatic N) is 2. The summed E-state index contributed by atoms with van der Waals surface area (Å²) < 4.78 is 11.1. The molecule has 0 fully saturated rings. The van der Waals surface area contributed by atoms with Crippen LogP contribution in [0, 0.1) is 6.92 Å². The zero-order valence-corrected chi connectivity index (χ0v) is 15.0. The minimum Gasteiger partial charge on any atom is -0.491 e. The minimum absolute atomic E-state index is 0.0830. The van der Waals surface area contributed by atoms with Crippen molar-refractivity contribution in [2.75, 3.05) is 5.32 Å². The SMILES string of the molecule is Cc1ccc(Cc2nnc(NC(=O)c3ccc(OC(C)C)cc3)o2)cc1. The van der Waals surface area contributed by atoms with Gasteiger partial charge in [0.2, 0.25) is 5.89 Å². The molecule has 0 saturated heterocycles. The molecule has 3 rings (SSSR count). The first-order chi connectivity index (χ1) is 12.5. The van der Waals surface area contributed by atoms with Gasteiger partial charge in [0.25, 0.3) is 5.91 Å². The average Bonchev–Trinajstić information content (AvgIpc) is 3.04. The van der Waals surface area contributed by atoms with Gasteiger partial charge < -0.3 is 9.15 Å². The van der Waals surface area contributed by atoms with E-state index in [4.69, 9.17) is 9.15 Å². The minimum atomic E-state index is -0.313. The molecule has 0 saturated carbocycles. The standard InChI is InChI=1S/C20H21N3O3/c1-13(2)25-17-10-8-16(9-11-17)19(24)21-20-23-22-18(26-20)12-15-6-4-14(3)5-7-15/h4-11,13H,12H2,1-3H3,(H,21,23,24). The van der Waals surface area contributed by atoms with Gasteiger partial charge in [0.05, 0.1) is 12.5 Å². The fourth-order valence-electron chi connectivity index (χ4n) is 2.38. The van der Waals surface area contributed by atoms with Crippen LogP contribution < -0.4 is 10.1 Å². The number of carbonyl (C=O) groups excluding carboxylic acids is 1. The Balaban J connectivity index is 1.61. The van der Waals surface area contributed by atoms with Crippen molar-refractivity contribution in [3.8, 4) is 5.75 Å². The molecule has 0 spiro atoms. The molecular formula is C20H21N3O3. The Kier molecular flexibility index (Phi) is 5.31. The van der Waals surface area contributed by atoms with E-state index in [1.165, 1.54) is 5.56 Å². The Morgan fingerprint density at radius 3 is 2.42 bits per heavy atom. The van der Waals surface area contributed by atoms with E-state index in [-0.39, 0.29) is 18.0 Å². The summed E-state index contributed by atoms with van der Waals surface area (Å²) >= 11 is 0. The molecule has 1 amide bonds. The van der Waals surface area contributed by atoms with Gasteiger partial charge in [0, 0.05) is 5.56 Å². The van der Waals surface area contributed by atoms with E-state index in [1.54, 1.807) is 24.3 Å². The Morgan fingerprint density at radius 2 is 1.77 bits per heavy atom. The van der Waals surface area contributed by atoms with Gasteiger partial charge >= 0.3 is 6.01 Å². The highest BCUT2D eigenvalue weighted by Gasteiger charge is 2.12. The summed E-state index contributed by atoms with van der Waals surface area (Å²) in [5, 5.41) is 10.5. The van der Waals surface area contributed by atoms with E-state index in [2.05, 4.69) is 15.5 Å². The second-order valence-corrected chi connectivity index (χ2v) is 6.31. The number of carbonyl (C=O) groups is 1. The van der Waals surface area contributed by atoms with Gasteiger partial charge in [-0.15, -0.1) is 5.10 Å². The molecular weight excluding hydrogens is 330 g/mol. The van der Waals surface area contributed by atoms with Crippen LogP contribution in [0.15, 0.2) is 52.9 Å². The Labute approximate surface area is 152 Å². The first-order valence-electron chi connectivity index (χ1n) is 8.45. The van der Waals surface area contributed by atoms with Crippen LogP contribution in [0.4, 0.5) is 6.01 Å². The van der Waals surface area contributed by atoms with Crippen LogP contribution in [0.3, 0.4) is 0 Å². The number of aromatic nitrogens is 2. The van der Waals surface area contributed by atoms with Crippen LogP contribution in [0.1, 0.15) is 41.2 Å². The number of ether oxygens (including phenoxy) is 1. The van der Waals surface area contributed by atoms with Crippen LogP contribution in [0.25, 0.3) is 0 Å². The number of rotatable bonds is 6. The number of anilines is 1. The quantitative estimate of drug-likeness (QED) is 0.726. The maximum atomic E-state index is 12.3. The average molecular weight is 351 g/mol. The third-order valence-corrected chi connectivity index (χ3v) is 3.65. The van der Waals surface area contributed by atoms with Crippen LogP contribution in [0.2, 0.25) is 0 Å². The number of aryl methyl sites for hydroxylation is 1. The third-order valence-electron chi connectivity index (χ3n) is 3.65. The highest BCUT2D eigenvalue weighted by atomic mass is 16.5. The Bertz CT molecular complexity index is 868. The van der Waals surface area contributed by atoms with Crippen molar-refractivity contribution in [3.05, 3.63) is 71.1 Å². The molecule has 1 N–H and O–H groups in total. The number of nitrogens with one attached hydrogen (secondary N) is 1. The normalized spacial score (nSPS) is 10.8. The van der Waals surface area contributed by atoms with Crippen LogP contribution in [-0.4, -0.2) is 22.2 Å². The summed E-state index contributed by atoms with van der Waals surface area (Å²) in [5.74, 6) is 0.853. The summed E-state index contributed by atoms with van der Waals surface area (Å²) in [7, 11) is 0. The van der Waals surface area contributed by atoms with Crippen molar-refractivity contribution >= 4 is 11.9 Å². The number of hydrogen-bond donors (Lipinski definition) is 1. The van der Waals surface area contributed by atoms with Gasteiger partial charge in [-0.2, -0.15) is 0 Å². The van der Waals surface area contributed by atoms with Gasteiger partial charge in [0.15, 0.2) is 0 Å². The molecule has 26 heavy (non-hydrogen) atoms. The van der Waals surface area contributed by atoms with Crippen molar-refractivity contribution in [2.24, 2.45) is 0 Å². The number of benzene rings is 2. The van der Waals surface area contributed by atoms with E-state index >= 15 is 0 Å². The largest absolute Gasteiger partial charge is 0.491 e. The molecule has 1 heterocycles. The molecule has 6 heteroatoms. The molecule has 0 bridgehead atoms. The molecule has 134 valence electrons. The molecule has 6 nitrogen and oxygen atoms in total. The van der Waals surface area contributed by atoms with Crippen molar-refractivity contribution in [2.45, 2.75) is 33.3 Å². The van der Waals surface area contributed by atoms with Gasteiger partial charge in [-0.25, -0.2) is 0 Å². The predicted octanol–water partition coefficient (Wildman–Crippen LogP) is 4.01. The maximum Gasteiger partial charge on any atom is 0.322 e. The summed E-state index contributed by atoms with van der Waals surface area (Å²) in [5.41, 5.74) is 2.74. The molecule has 0 unspecified atom stereocenters. The molecule has 0 radical (unpaired) electrons. The molecule has 0 aliphatic carbocycles. The molecule has 1 aromatic heterocycles. The third kappa shape index (κ3) is 4.69. The zero-order chi connectivity index (χ0) is 18.5. The first kappa shape index (κ1) is 17.7. The zero-order valence-electron chi connectivity index (χ0n) is 15.0. The Hall–Kier alpha value is -3.15. The van der Waals surface area contributed by atoms with E-state index in [9.17, 15) is 4.79 Å². The molecule has 3 aromatic rings. The number of hydrogen-bond acceptors (Lipinski definition) is 5. The summed E-state index contributed by atoms with van der Waals surface area (Å²) in [6.07, 6.45) is 0.602. The highest BCUT2D eigenvalue weighted by Crippen LogP contribution is 2.16. The maximum absolute atomic E-state index is 12.3. The fourth-order valence-corrected chi connectivity index (χ4v) is 2.38. The van der Waals surface area contributed by atoms with Crippen LogP contribution >= 0.6 is 0 Å². The molecule has 0 atom stereocenters. The second kappa shape index (κ2) is 7.82. The summed E-state index contributed by atoms with van der Waals surface area (Å²) in [4.78, 5) is 12.3. The number of amides is 1. The van der Waals surface area contributed by atoms with Gasteiger partial charge in [-0.05, 0) is 50.6 Å². The first-order valence-corrected chi connectivity index (χ1v) is 8.45. The van der Waals surface area contributed by atoms with Crippen molar-refractivity contribution in [3.63, 3.8) is 0 Å². The van der Waals surface area contributed by atoms with Gasteiger partial charge in [-0.3, -0.25) is 10.1 Å². The van der Waals surface area contributed by atoms with Crippen molar-refractivity contribution < 1.29 is 13.9 Å². The lowest BCUT2D eigenvalue weighted by Gasteiger charge is -2.09. The molecule has 0 aliphatic heterocycles. The predicted molar refractivity (Wildman–Crippen MR) is 98.4 cm³/mol. The lowest BCUT2D eigenvalue weighted by Crippen LogP contribution is -2.12. The van der Waals surface area contributed by atoms with Crippen molar-refractivity contribution in [1.82, 2.24) is 10.2 Å². The van der Waals surface area contributed by atoms with E-state index in [1.807, 2.05) is 45.0 Å². The van der Waals surface area contributed by atoms with E-state index in [0.29, 0.717) is 17.9 Å². The van der Waals surface area contributed by atoms with Gasteiger partial charge in [0.1, 0.15) is 5.75 Å². The van der Waals surface area contributed by atoms with Crippen molar-refractivity contribution in [1.29, 1.82) is 0 Å². The smallest absolute Gasteiger partial charge is 0.322 e. The molecule has 0 aliphatic rings. The fraction of sp³-hybridized carbons (Fsp3) is 0.250. The van der Waals surface area contributed by atoms with Crippen LogP contribution in [-0.2, 0) is 6.42 Å². The van der Waals surface area contributed by atoms with Crippen LogP contribution in [0.5, 0.6) is 5.75 Å². The van der Waals surface area contributed by atoms with E-state index in [0.717, 1.165) is 11.3 Å². The topological polar surface area (TPSA) is 77.2 Å². The highest BCUT2D eigenvalue weighted by molar-refractivity contribution is 6.03. The van der Waals surface area contributed by atoms with E-state index < -0.39 is 0 Å². The second-order valence-electron chi connectivity index (χ2n) is 6.31. The lowest BCUT2D eigenvalue weighted by molar-refractivity contribution is 0.102. The Morgan fingerprint density at radius 1 is 1.08 bits per heavy atom. The molecule has 2 aromatic carbocycles. The lowest BCUT2D eigenvalue weighted by atomic mass is 10.1. The van der Waals surface area contributed by atoms with Gasteiger partial charge in [-0.1, -0.05) is 34.9 Å².